The second kappa shape index (κ2) is 13.0. The van der Waals surface area contributed by atoms with Gasteiger partial charge in [0.05, 0.1) is 39.8 Å². The molecule has 2 aliphatic carbocycles. The number of rotatable bonds is 4. The zero-order valence-corrected chi connectivity index (χ0v) is 40.0. The molecule has 2 aromatic heterocycles. The average Bonchev–Trinajstić information content (AvgIpc) is 3.87. The van der Waals surface area contributed by atoms with E-state index in [0.29, 0.717) is 0 Å². The average molecular weight is 844 g/mol. The molecule has 0 saturated carbocycles. The minimum atomic E-state index is -0.290. The second-order valence-corrected chi connectivity index (χ2v) is 22.4. The van der Waals surface area contributed by atoms with E-state index >= 15 is 0 Å². The first kappa shape index (κ1) is 41.1. The Morgan fingerprint density at radius 1 is 0.385 bits per heavy atom. The first-order valence-corrected chi connectivity index (χ1v) is 23.3. The number of nitrogens with zero attached hydrogens (tertiary/aromatic N) is 3. The van der Waals surface area contributed by atoms with Crippen molar-refractivity contribution in [2.24, 2.45) is 10.8 Å². The molecule has 2 aliphatic rings. The zero-order chi connectivity index (χ0) is 46.0. The first-order valence-electron chi connectivity index (χ1n) is 23.3. The van der Waals surface area contributed by atoms with Gasteiger partial charge in [0, 0.05) is 21.5 Å². The van der Waals surface area contributed by atoms with Gasteiger partial charge in [0.15, 0.2) is 0 Å². The van der Waals surface area contributed by atoms with Crippen LogP contribution in [0.4, 0.5) is 0 Å². The highest BCUT2D eigenvalue weighted by Crippen LogP contribution is 2.67. The second-order valence-electron chi connectivity index (χ2n) is 22.4. The summed E-state index contributed by atoms with van der Waals surface area (Å²) in [5, 5.41) is 27.1. The van der Waals surface area contributed by atoms with E-state index in [0.717, 1.165) is 55.5 Å². The van der Waals surface area contributed by atoms with Crippen LogP contribution in [0.15, 0.2) is 127 Å². The summed E-state index contributed by atoms with van der Waals surface area (Å²) in [4.78, 5) is 0. The summed E-state index contributed by atoms with van der Waals surface area (Å²) in [6.07, 6.45) is 0. The van der Waals surface area contributed by atoms with E-state index in [4.69, 9.17) is 0 Å². The smallest absolute Gasteiger partial charge is 0.0995 e. The van der Waals surface area contributed by atoms with E-state index in [1.165, 1.54) is 60.5 Å². The monoisotopic (exact) mass is 843 g/mol. The van der Waals surface area contributed by atoms with E-state index < -0.39 is 0 Å². The third-order valence-electron chi connectivity index (χ3n) is 18.7. The maximum absolute atomic E-state index is 11.1. The fourth-order valence-corrected chi connectivity index (χ4v) is 13.0. The molecule has 3 heteroatoms. The predicted molar refractivity (Wildman–Crippen MR) is 272 cm³/mol. The van der Waals surface area contributed by atoms with Crippen LogP contribution in [0, 0.1) is 33.5 Å². The van der Waals surface area contributed by atoms with Crippen LogP contribution in [0.2, 0.25) is 0 Å². The van der Waals surface area contributed by atoms with Crippen molar-refractivity contribution in [1.82, 2.24) is 4.40 Å². The predicted octanol–water partition coefficient (Wildman–Crippen LogP) is 16.4. The summed E-state index contributed by atoms with van der Waals surface area (Å²) < 4.78 is 2.44. The number of benzene rings is 7. The molecule has 11 rings (SSSR count). The zero-order valence-electron chi connectivity index (χ0n) is 40.0. The molecule has 7 aromatic carbocycles. The molecule has 0 aliphatic heterocycles. The van der Waals surface area contributed by atoms with Gasteiger partial charge in [-0.25, -0.2) is 0 Å². The third kappa shape index (κ3) is 4.89. The highest BCUT2D eigenvalue weighted by Gasteiger charge is 2.60. The Balaban J connectivity index is 1.42. The van der Waals surface area contributed by atoms with Gasteiger partial charge < -0.3 is 4.40 Å². The number of fused-ring (bicyclic) bond motifs is 10. The summed E-state index contributed by atoms with van der Waals surface area (Å²) >= 11 is 0. The van der Waals surface area contributed by atoms with Crippen LogP contribution in [-0.4, -0.2) is 4.40 Å². The minimum Gasteiger partial charge on any atom is -0.308 e. The van der Waals surface area contributed by atoms with Gasteiger partial charge in [-0.15, -0.1) is 0 Å². The first-order chi connectivity index (χ1) is 30.7. The van der Waals surface area contributed by atoms with Gasteiger partial charge in [-0.1, -0.05) is 174 Å². The van der Waals surface area contributed by atoms with Crippen molar-refractivity contribution in [2.75, 3.05) is 0 Å². The molecular formula is C62H57N3. The summed E-state index contributed by atoms with van der Waals surface area (Å²) in [6.45, 7) is 28.5. The van der Waals surface area contributed by atoms with Crippen molar-refractivity contribution in [3.63, 3.8) is 0 Å². The van der Waals surface area contributed by atoms with E-state index in [-0.39, 0.29) is 32.5 Å². The van der Waals surface area contributed by atoms with Crippen LogP contribution in [0.1, 0.15) is 116 Å². The Morgan fingerprint density at radius 3 is 1.11 bits per heavy atom. The Labute approximate surface area is 384 Å². The Morgan fingerprint density at radius 2 is 0.738 bits per heavy atom. The van der Waals surface area contributed by atoms with Crippen molar-refractivity contribution in [2.45, 2.75) is 105 Å². The van der Waals surface area contributed by atoms with Gasteiger partial charge in [-0.2, -0.15) is 10.5 Å². The lowest BCUT2D eigenvalue weighted by atomic mass is 9.59. The Hall–Kier alpha value is -6.68. The van der Waals surface area contributed by atoms with E-state index in [2.05, 4.69) is 227 Å². The molecule has 0 N–H and O–H groups in total. The highest BCUT2D eigenvalue weighted by molar-refractivity contribution is 6.27. The van der Waals surface area contributed by atoms with Gasteiger partial charge in [-0.3, -0.25) is 0 Å². The summed E-state index contributed by atoms with van der Waals surface area (Å²) in [6, 6.07) is 52.1. The van der Waals surface area contributed by atoms with Crippen molar-refractivity contribution in [3.8, 4) is 56.6 Å². The van der Waals surface area contributed by atoms with Crippen molar-refractivity contribution in [3.05, 3.63) is 161 Å². The Bertz CT molecular complexity index is 3370. The SMILES string of the molecule is CC1(C)c2c(C#N)cc3c(c2C(C)(C)C1(C)C)c1cc(-c2c(-c4ccccc4)cc(-c4ccccc4)cc2-c2ccccc2)cc2c4c5c(c(C#N)cc4n3c12)C(C)(C)C(C)(C)C5(C)C. The molecule has 0 bridgehead atoms. The molecule has 320 valence electrons. The number of nitriles is 2. The summed E-state index contributed by atoms with van der Waals surface area (Å²) in [7, 11) is 0. The normalized spacial score (nSPS) is 18.2. The molecule has 65 heavy (non-hydrogen) atoms. The third-order valence-corrected chi connectivity index (χ3v) is 18.7. The molecule has 3 nitrogen and oxygen atoms in total. The summed E-state index contributed by atoms with van der Waals surface area (Å²) in [5.74, 6) is 0. The molecular weight excluding hydrogens is 787 g/mol. The van der Waals surface area contributed by atoms with Gasteiger partial charge >= 0.3 is 0 Å². The van der Waals surface area contributed by atoms with E-state index in [9.17, 15) is 10.5 Å². The Kier molecular flexibility index (Phi) is 8.20. The molecule has 2 heterocycles. The van der Waals surface area contributed by atoms with E-state index in [1.807, 2.05) is 0 Å². The van der Waals surface area contributed by atoms with Crippen LogP contribution < -0.4 is 0 Å². The standard InChI is InChI=1S/C62H57N3/c1-57(2)52-41(34-63)32-47-50(54(52)59(5,6)61(57,9)10)45-30-40(31-46-51-48(65(47)56(45)46)33-42(35-64)53-55(51)60(7,8)62(11,12)58(53,3)4)49-43(37-24-18-14-19-25-37)28-39(36-22-16-13-17-23-36)29-44(49)38-26-20-15-21-27-38/h13-33H,1-12H3. The highest BCUT2D eigenvalue weighted by atomic mass is 14.9. The molecule has 9 aromatic rings. The number of hydrogen-bond acceptors (Lipinski definition) is 2. The lowest BCUT2D eigenvalue weighted by Gasteiger charge is -2.44. The molecule has 0 radical (unpaired) electrons. The van der Waals surface area contributed by atoms with Crippen LogP contribution >= 0.6 is 0 Å². The van der Waals surface area contributed by atoms with Crippen LogP contribution in [0.5, 0.6) is 0 Å². The molecule has 0 fully saturated rings. The van der Waals surface area contributed by atoms with Crippen molar-refractivity contribution >= 4 is 38.1 Å². The molecule has 0 atom stereocenters. The summed E-state index contributed by atoms with van der Waals surface area (Å²) in [5.41, 5.74) is 17.4. The maximum atomic E-state index is 11.1. The lowest BCUT2D eigenvalue weighted by molar-refractivity contribution is 0.125. The van der Waals surface area contributed by atoms with Gasteiger partial charge in [0.1, 0.15) is 0 Å². The number of hydrogen-bond donors (Lipinski definition) is 0. The minimum absolute atomic E-state index is 0.177. The van der Waals surface area contributed by atoms with Crippen LogP contribution in [0.3, 0.4) is 0 Å². The quantitative estimate of drug-likeness (QED) is 0.177. The maximum Gasteiger partial charge on any atom is 0.0995 e. The molecule has 0 unspecified atom stereocenters. The topological polar surface area (TPSA) is 52.0 Å². The molecule has 0 amide bonds. The molecule has 0 spiro atoms. The largest absolute Gasteiger partial charge is 0.308 e. The van der Waals surface area contributed by atoms with Gasteiger partial charge in [0.25, 0.3) is 0 Å². The fourth-order valence-electron chi connectivity index (χ4n) is 13.0. The van der Waals surface area contributed by atoms with Crippen molar-refractivity contribution in [1.29, 1.82) is 10.5 Å². The lowest BCUT2D eigenvalue weighted by Crippen LogP contribution is -2.42. The number of aromatic nitrogens is 1. The van der Waals surface area contributed by atoms with E-state index in [1.54, 1.807) is 0 Å². The van der Waals surface area contributed by atoms with Crippen LogP contribution in [-0.2, 0) is 21.7 Å². The van der Waals surface area contributed by atoms with Gasteiger partial charge in [0.2, 0.25) is 0 Å². The van der Waals surface area contributed by atoms with Crippen LogP contribution in [0.25, 0.3) is 82.6 Å². The van der Waals surface area contributed by atoms with Crippen molar-refractivity contribution < 1.29 is 0 Å². The van der Waals surface area contributed by atoms with Gasteiger partial charge in [-0.05, 0) is 136 Å². The molecule has 0 saturated heterocycles. The fraction of sp³-hybridized carbons (Fsp3) is 0.290.